The summed E-state index contributed by atoms with van der Waals surface area (Å²) in [4.78, 5) is 12.1. The van der Waals surface area contributed by atoms with Gasteiger partial charge in [-0.3, -0.25) is 4.79 Å². The molecule has 102 valence electrons. The third-order valence-electron chi connectivity index (χ3n) is 5.61. The normalized spacial score (nSPS) is 41.6. The average molecular weight is 250 g/mol. The van der Waals surface area contributed by atoms with Gasteiger partial charge >= 0.3 is 0 Å². The lowest BCUT2D eigenvalue weighted by Gasteiger charge is -2.11. The van der Waals surface area contributed by atoms with Crippen LogP contribution in [0.3, 0.4) is 0 Å². The standard InChI is InChI=1S/C15H26N2O/c1-9(8-16)3-2-6-17-15(18)14-12-10-4-5-11(7-10)13(12)14/h9-14H,2-8,16H2,1H3,(H,17,18). The van der Waals surface area contributed by atoms with Crippen LogP contribution in [-0.4, -0.2) is 19.0 Å². The van der Waals surface area contributed by atoms with E-state index in [-0.39, 0.29) is 0 Å². The summed E-state index contributed by atoms with van der Waals surface area (Å²) in [6.07, 6.45) is 6.40. The van der Waals surface area contributed by atoms with Crippen LogP contribution in [0.25, 0.3) is 0 Å². The van der Waals surface area contributed by atoms with Crippen LogP contribution >= 0.6 is 0 Å². The van der Waals surface area contributed by atoms with Gasteiger partial charge in [0, 0.05) is 12.5 Å². The molecule has 0 aromatic carbocycles. The maximum absolute atomic E-state index is 12.1. The molecule has 3 saturated carbocycles. The highest BCUT2D eigenvalue weighted by Crippen LogP contribution is 2.69. The lowest BCUT2D eigenvalue weighted by molar-refractivity contribution is -0.123. The van der Waals surface area contributed by atoms with E-state index in [9.17, 15) is 4.79 Å². The minimum Gasteiger partial charge on any atom is -0.356 e. The number of fused-ring (bicyclic) bond motifs is 5. The van der Waals surface area contributed by atoms with Crippen molar-refractivity contribution in [3.05, 3.63) is 0 Å². The number of hydrogen-bond acceptors (Lipinski definition) is 2. The summed E-state index contributed by atoms with van der Waals surface area (Å²) < 4.78 is 0. The summed E-state index contributed by atoms with van der Waals surface area (Å²) in [6.45, 7) is 3.77. The smallest absolute Gasteiger partial charge is 0.223 e. The number of hydrogen-bond donors (Lipinski definition) is 2. The fraction of sp³-hybridized carbons (Fsp3) is 0.933. The van der Waals surface area contributed by atoms with E-state index in [0.717, 1.165) is 49.6 Å². The van der Waals surface area contributed by atoms with Gasteiger partial charge in [0.05, 0.1) is 0 Å². The van der Waals surface area contributed by atoms with Crippen LogP contribution in [0.2, 0.25) is 0 Å². The molecule has 3 N–H and O–H groups in total. The van der Waals surface area contributed by atoms with Crippen LogP contribution in [0.4, 0.5) is 0 Å². The van der Waals surface area contributed by atoms with Gasteiger partial charge in [-0.1, -0.05) is 6.92 Å². The molecule has 0 saturated heterocycles. The number of carbonyl (C=O) groups is 1. The second-order valence-corrected chi connectivity index (χ2v) is 6.79. The van der Waals surface area contributed by atoms with Crippen molar-refractivity contribution in [2.75, 3.05) is 13.1 Å². The summed E-state index contributed by atoms with van der Waals surface area (Å²) in [5.41, 5.74) is 5.58. The fourth-order valence-electron chi connectivity index (χ4n) is 4.57. The Labute approximate surface area is 110 Å². The van der Waals surface area contributed by atoms with E-state index in [1.807, 2.05) is 0 Å². The second kappa shape index (κ2) is 4.84. The first-order valence-electron chi connectivity index (χ1n) is 7.70. The molecule has 0 aromatic heterocycles. The van der Waals surface area contributed by atoms with Crippen LogP contribution in [0, 0.1) is 35.5 Å². The first kappa shape index (κ1) is 12.5. The third-order valence-corrected chi connectivity index (χ3v) is 5.61. The Kier molecular flexibility index (Phi) is 3.35. The molecule has 18 heavy (non-hydrogen) atoms. The number of amides is 1. The topological polar surface area (TPSA) is 55.1 Å². The Hall–Kier alpha value is -0.570. The van der Waals surface area contributed by atoms with Crippen LogP contribution < -0.4 is 11.1 Å². The lowest BCUT2D eigenvalue weighted by atomic mass is 10.0. The molecule has 0 spiro atoms. The molecule has 3 fully saturated rings. The Bertz CT molecular complexity index is 314. The van der Waals surface area contributed by atoms with Crippen molar-refractivity contribution in [3.63, 3.8) is 0 Å². The highest BCUT2D eigenvalue weighted by atomic mass is 16.2. The minimum absolute atomic E-state index is 0.349. The summed E-state index contributed by atoms with van der Waals surface area (Å²) >= 11 is 0. The van der Waals surface area contributed by atoms with Gasteiger partial charge in [-0.2, -0.15) is 0 Å². The van der Waals surface area contributed by atoms with Gasteiger partial charge in [0.25, 0.3) is 0 Å². The Morgan fingerprint density at radius 1 is 1.33 bits per heavy atom. The van der Waals surface area contributed by atoms with Crippen molar-refractivity contribution >= 4 is 5.91 Å². The molecule has 3 aliphatic carbocycles. The van der Waals surface area contributed by atoms with Crippen LogP contribution in [0.5, 0.6) is 0 Å². The van der Waals surface area contributed by atoms with Gasteiger partial charge in [-0.25, -0.2) is 0 Å². The highest BCUT2D eigenvalue weighted by molar-refractivity contribution is 5.82. The van der Waals surface area contributed by atoms with E-state index >= 15 is 0 Å². The van der Waals surface area contributed by atoms with Gasteiger partial charge < -0.3 is 11.1 Å². The molecule has 0 aromatic rings. The zero-order valence-electron chi connectivity index (χ0n) is 11.4. The first-order valence-corrected chi connectivity index (χ1v) is 7.70. The van der Waals surface area contributed by atoms with Crippen molar-refractivity contribution in [1.29, 1.82) is 0 Å². The largest absolute Gasteiger partial charge is 0.356 e. The predicted molar refractivity (Wildman–Crippen MR) is 71.8 cm³/mol. The van der Waals surface area contributed by atoms with Gasteiger partial charge in [-0.15, -0.1) is 0 Å². The molecular formula is C15H26N2O. The second-order valence-electron chi connectivity index (χ2n) is 6.79. The number of rotatable bonds is 6. The van der Waals surface area contributed by atoms with Crippen LogP contribution in [0.1, 0.15) is 39.0 Å². The van der Waals surface area contributed by atoms with Crippen molar-refractivity contribution in [1.82, 2.24) is 5.32 Å². The highest BCUT2D eigenvalue weighted by Gasteiger charge is 2.67. The molecule has 3 nitrogen and oxygen atoms in total. The Morgan fingerprint density at radius 3 is 2.61 bits per heavy atom. The summed E-state index contributed by atoms with van der Waals surface area (Å²) in [5.74, 6) is 4.66. The van der Waals surface area contributed by atoms with Crippen molar-refractivity contribution in [3.8, 4) is 0 Å². The molecule has 1 amide bonds. The molecular weight excluding hydrogens is 224 g/mol. The van der Waals surface area contributed by atoms with Crippen molar-refractivity contribution in [2.24, 2.45) is 41.2 Å². The van der Waals surface area contributed by atoms with E-state index in [0.29, 0.717) is 17.7 Å². The van der Waals surface area contributed by atoms with E-state index in [1.54, 1.807) is 0 Å². The molecule has 0 aliphatic heterocycles. The van der Waals surface area contributed by atoms with E-state index in [4.69, 9.17) is 5.73 Å². The minimum atomic E-state index is 0.349. The molecule has 2 bridgehead atoms. The monoisotopic (exact) mass is 250 g/mol. The molecule has 0 radical (unpaired) electrons. The van der Waals surface area contributed by atoms with Gasteiger partial charge in [0.15, 0.2) is 0 Å². The third kappa shape index (κ3) is 2.07. The van der Waals surface area contributed by atoms with Gasteiger partial charge in [-0.05, 0) is 68.2 Å². The molecule has 3 rings (SSSR count). The van der Waals surface area contributed by atoms with Crippen molar-refractivity contribution < 1.29 is 4.79 Å². The maximum atomic E-state index is 12.1. The summed E-state index contributed by atoms with van der Waals surface area (Å²) in [7, 11) is 0. The predicted octanol–water partition coefficient (Wildman–Crippen LogP) is 1.77. The SMILES string of the molecule is CC(CN)CCCNC(=O)C1C2C3CCC(C3)C12. The van der Waals surface area contributed by atoms with Crippen LogP contribution in [0.15, 0.2) is 0 Å². The van der Waals surface area contributed by atoms with Crippen molar-refractivity contribution in [2.45, 2.75) is 39.0 Å². The Balaban J connectivity index is 1.37. The summed E-state index contributed by atoms with van der Waals surface area (Å²) in [6, 6.07) is 0. The number of carbonyl (C=O) groups excluding carboxylic acids is 1. The van der Waals surface area contributed by atoms with E-state index < -0.39 is 0 Å². The average Bonchev–Trinajstić information content (AvgIpc) is 2.83. The van der Waals surface area contributed by atoms with E-state index in [1.165, 1.54) is 19.3 Å². The first-order chi connectivity index (χ1) is 8.72. The lowest BCUT2D eigenvalue weighted by Crippen LogP contribution is -2.28. The molecule has 5 atom stereocenters. The van der Waals surface area contributed by atoms with Gasteiger partial charge in [0.2, 0.25) is 5.91 Å². The number of nitrogens with one attached hydrogen (secondary N) is 1. The van der Waals surface area contributed by atoms with E-state index in [2.05, 4.69) is 12.2 Å². The maximum Gasteiger partial charge on any atom is 0.223 e. The molecule has 3 heteroatoms. The Morgan fingerprint density at radius 2 is 2.00 bits per heavy atom. The zero-order chi connectivity index (χ0) is 12.7. The quantitative estimate of drug-likeness (QED) is 0.706. The van der Waals surface area contributed by atoms with Gasteiger partial charge in [0.1, 0.15) is 0 Å². The number of nitrogens with two attached hydrogens (primary N) is 1. The summed E-state index contributed by atoms with van der Waals surface area (Å²) in [5, 5.41) is 3.14. The zero-order valence-corrected chi connectivity index (χ0v) is 11.4. The molecule has 3 aliphatic rings. The molecule has 5 unspecified atom stereocenters. The van der Waals surface area contributed by atoms with Crippen LogP contribution in [-0.2, 0) is 4.79 Å². The molecule has 0 heterocycles. The fourth-order valence-corrected chi connectivity index (χ4v) is 4.57.